The fourth-order valence-corrected chi connectivity index (χ4v) is 3.42. The zero-order chi connectivity index (χ0) is 19.2. The van der Waals surface area contributed by atoms with E-state index in [1.807, 2.05) is 49.4 Å². The molecule has 1 N–H and O–H groups in total. The second kappa shape index (κ2) is 8.88. The van der Waals surface area contributed by atoms with Gasteiger partial charge < -0.3 is 5.32 Å². The summed E-state index contributed by atoms with van der Waals surface area (Å²) in [6, 6.07) is 15.0. The Morgan fingerprint density at radius 1 is 1.22 bits per heavy atom. The molecule has 0 unspecified atom stereocenters. The Balaban J connectivity index is 1.64. The van der Waals surface area contributed by atoms with Gasteiger partial charge in [-0.2, -0.15) is 0 Å². The Hall–Kier alpha value is -2.57. The van der Waals surface area contributed by atoms with Gasteiger partial charge in [0.1, 0.15) is 0 Å². The van der Waals surface area contributed by atoms with Crippen LogP contribution < -0.4 is 10.9 Å². The number of rotatable bonds is 6. The van der Waals surface area contributed by atoms with E-state index in [1.54, 1.807) is 18.5 Å². The minimum Gasteiger partial charge on any atom is -0.351 e. The van der Waals surface area contributed by atoms with Gasteiger partial charge in [0.15, 0.2) is 5.03 Å². The van der Waals surface area contributed by atoms with Crippen molar-refractivity contribution in [3.05, 3.63) is 87.4 Å². The van der Waals surface area contributed by atoms with Crippen molar-refractivity contribution >= 4 is 29.3 Å². The zero-order valence-corrected chi connectivity index (χ0v) is 16.3. The number of carbonyl (C=O) groups excluding carboxylic acids is 1. The average molecular weight is 400 g/mol. The number of aryl methyl sites for hydroxylation is 1. The molecule has 0 aliphatic carbocycles. The molecule has 0 radical (unpaired) electrons. The van der Waals surface area contributed by atoms with E-state index in [0.717, 1.165) is 28.6 Å². The van der Waals surface area contributed by atoms with E-state index in [9.17, 15) is 9.59 Å². The van der Waals surface area contributed by atoms with Crippen LogP contribution in [-0.4, -0.2) is 21.2 Å². The summed E-state index contributed by atoms with van der Waals surface area (Å²) in [5.41, 5.74) is 2.43. The van der Waals surface area contributed by atoms with Crippen LogP contribution in [0.1, 0.15) is 11.1 Å². The number of hydrogen-bond acceptors (Lipinski definition) is 4. The maximum absolute atomic E-state index is 12.6. The normalized spacial score (nSPS) is 10.6. The molecular formula is C20H18ClN3O2S. The molecule has 0 bridgehead atoms. The number of nitrogens with one attached hydrogen (secondary N) is 1. The fourth-order valence-electron chi connectivity index (χ4n) is 2.49. The molecule has 0 atom stereocenters. The van der Waals surface area contributed by atoms with Crippen molar-refractivity contribution in [2.75, 3.05) is 5.75 Å². The van der Waals surface area contributed by atoms with Gasteiger partial charge in [0.2, 0.25) is 5.91 Å². The first-order chi connectivity index (χ1) is 13.0. The molecular weight excluding hydrogens is 382 g/mol. The van der Waals surface area contributed by atoms with Crippen LogP contribution in [0.25, 0.3) is 5.69 Å². The highest BCUT2D eigenvalue weighted by Crippen LogP contribution is 2.15. The maximum atomic E-state index is 12.6. The summed E-state index contributed by atoms with van der Waals surface area (Å²) in [5.74, 6) is -0.0862. The van der Waals surface area contributed by atoms with Crippen molar-refractivity contribution in [3.8, 4) is 5.69 Å². The Bertz CT molecular complexity index is 1020. The van der Waals surface area contributed by atoms with Gasteiger partial charge in [0.25, 0.3) is 5.56 Å². The number of aromatic nitrogens is 2. The third-order valence-electron chi connectivity index (χ3n) is 3.86. The van der Waals surface area contributed by atoms with Crippen molar-refractivity contribution in [2.45, 2.75) is 18.5 Å². The molecule has 3 rings (SSSR count). The molecule has 0 saturated heterocycles. The van der Waals surface area contributed by atoms with Crippen LogP contribution in [0.15, 0.2) is 70.7 Å². The third-order valence-corrected chi connectivity index (χ3v) is 5.19. The second-order valence-corrected chi connectivity index (χ2v) is 7.27. The zero-order valence-electron chi connectivity index (χ0n) is 14.7. The molecule has 2 aromatic carbocycles. The molecule has 5 nitrogen and oxygen atoms in total. The van der Waals surface area contributed by atoms with E-state index >= 15 is 0 Å². The lowest BCUT2D eigenvalue weighted by Gasteiger charge is -2.09. The molecule has 138 valence electrons. The highest BCUT2D eigenvalue weighted by molar-refractivity contribution is 7.99. The number of carbonyl (C=O) groups is 1. The summed E-state index contributed by atoms with van der Waals surface area (Å²) in [4.78, 5) is 28.9. The Morgan fingerprint density at radius 2 is 2.04 bits per heavy atom. The van der Waals surface area contributed by atoms with Crippen molar-refractivity contribution in [1.29, 1.82) is 0 Å². The van der Waals surface area contributed by atoms with E-state index in [-0.39, 0.29) is 22.2 Å². The lowest BCUT2D eigenvalue weighted by Crippen LogP contribution is -2.26. The first kappa shape index (κ1) is 19.2. The first-order valence-electron chi connectivity index (χ1n) is 8.32. The lowest BCUT2D eigenvalue weighted by molar-refractivity contribution is -0.118. The standard InChI is InChI=1S/C20H18ClN3O2S/c1-14-5-4-7-16(11-14)24-10-9-22-19(20(24)26)27-13-18(25)23-12-15-6-2-3-8-17(15)21/h2-11H,12-13H2,1H3,(H,23,25). The van der Waals surface area contributed by atoms with Gasteiger partial charge in [0, 0.05) is 29.6 Å². The Morgan fingerprint density at radius 3 is 2.81 bits per heavy atom. The topological polar surface area (TPSA) is 64.0 Å². The van der Waals surface area contributed by atoms with Gasteiger partial charge in [-0.05, 0) is 36.2 Å². The average Bonchev–Trinajstić information content (AvgIpc) is 2.66. The van der Waals surface area contributed by atoms with E-state index in [4.69, 9.17) is 11.6 Å². The van der Waals surface area contributed by atoms with Crippen LogP contribution >= 0.6 is 23.4 Å². The van der Waals surface area contributed by atoms with Crippen molar-refractivity contribution < 1.29 is 4.79 Å². The fraction of sp³-hybridized carbons (Fsp3) is 0.150. The summed E-state index contributed by atoms with van der Waals surface area (Å²) in [7, 11) is 0. The third kappa shape index (κ3) is 4.99. The smallest absolute Gasteiger partial charge is 0.287 e. The number of hydrogen-bond donors (Lipinski definition) is 1. The number of halogens is 1. The maximum Gasteiger partial charge on any atom is 0.287 e. The SMILES string of the molecule is Cc1cccc(-n2ccnc(SCC(=O)NCc3ccccc3Cl)c2=O)c1. The van der Waals surface area contributed by atoms with Crippen LogP contribution in [-0.2, 0) is 11.3 Å². The minimum atomic E-state index is -0.244. The van der Waals surface area contributed by atoms with Gasteiger partial charge in [-0.25, -0.2) is 4.98 Å². The van der Waals surface area contributed by atoms with Gasteiger partial charge >= 0.3 is 0 Å². The molecule has 0 spiro atoms. The highest BCUT2D eigenvalue weighted by Gasteiger charge is 2.10. The van der Waals surface area contributed by atoms with Gasteiger partial charge in [-0.1, -0.05) is 53.7 Å². The second-order valence-electron chi connectivity index (χ2n) is 5.90. The molecule has 0 aliphatic rings. The van der Waals surface area contributed by atoms with Gasteiger partial charge in [-0.3, -0.25) is 14.2 Å². The predicted octanol–water partition coefficient (Wildman–Crippen LogP) is 3.60. The number of amides is 1. The van der Waals surface area contributed by atoms with Crippen LogP contribution in [0.4, 0.5) is 0 Å². The molecule has 0 fully saturated rings. The van der Waals surface area contributed by atoms with Crippen molar-refractivity contribution in [2.24, 2.45) is 0 Å². The largest absolute Gasteiger partial charge is 0.351 e. The van der Waals surface area contributed by atoms with Gasteiger partial charge in [0.05, 0.1) is 5.75 Å². The molecule has 1 heterocycles. The lowest BCUT2D eigenvalue weighted by atomic mass is 10.2. The molecule has 1 aromatic heterocycles. The van der Waals surface area contributed by atoms with Crippen LogP contribution in [0.2, 0.25) is 5.02 Å². The molecule has 1 amide bonds. The van der Waals surface area contributed by atoms with E-state index < -0.39 is 0 Å². The summed E-state index contributed by atoms with van der Waals surface area (Å²) < 4.78 is 1.53. The van der Waals surface area contributed by atoms with Crippen molar-refractivity contribution in [3.63, 3.8) is 0 Å². The number of nitrogens with zero attached hydrogens (tertiary/aromatic N) is 2. The van der Waals surface area contributed by atoms with Crippen LogP contribution in [0, 0.1) is 6.92 Å². The minimum absolute atomic E-state index is 0.102. The predicted molar refractivity (Wildman–Crippen MR) is 109 cm³/mol. The van der Waals surface area contributed by atoms with E-state index in [2.05, 4.69) is 10.3 Å². The first-order valence-corrected chi connectivity index (χ1v) is 9.68. The summed E-state index contributed by atoms with van der Waals surface area (Å²) in [6.45, 7) is 2.31. The quantitative estimate of drug-likeness (QED) is 0.643. The molecule has 3 aromatic rings. The summed E-state index contributed by atoms with van der Waals surface area (Å²) in [5, 5.41) is 3.69. The highest BCUT2D eigenvalue weighted by atomic mass is 35.5. The number of thioether (sulfide) groups is 1. The molecule has 0 saturated carbocycles. The molecule has 0 aliphatic heterocycles. The van der Waals surface area contributed by atoms with Crippen molar-refractivity contribution in [1.82, 2.24) is 14.9 Å². The van der Waals surface area contributed by atoms with Gasteiger partial charge in [-0.15, -0.1) is 0 Å². The monoisotopic (exact) mass is 399 g/mol. The summed E-state index contributed by atoms with van der Waals surface area (Å²) >= 11 is 7.20. The number of benzene rings is 2. The Labute approximate surface area is 166 Å². The molecule has 27 heavy (non-hydrogen) atoms. The van der Waals surface area contributed by atoms with E-state index in [1.165, 1.54) is 4.57 Å². The molecule has 7 heteroatoms. The van der Waals surface area contributed by atoms with Crippen LogP contribution in [0.5, 0.6) is 0 Å². The summed E-state index contributed by atoms with van der Waals surface area (Å²) in [6.07, 6.45) is 3.19. The van der Waals surface area contributed by atoms with E-state index in [0.29, 0.717) is 11.6 Å². The Kier molecular flexibility index (Phi) is 6.32. The van der Waals surface area contributed by atoms with Crippen LogP contribution in [0.3, 0.4) is 0 Å².